The van der Waals surface area contributed by atoms with Gasteiger partial charge in [-0.2, -0.15) is 5.26 Å². The molecule has 0 spiro atoms. The van der Waals surface area contributed by atoms with Crippen LogP contribution in [0.5, 0.6) is 5.75 Å². The highest BCUT2D eigenvalue weighted by Crippen LogP contribution is 2.35. The first-order valence-electron chi connectivity index (χ1n) is 4.78. The summed E-state index contributed by atoms with van der Waals surface area (Å²) in [7, 11) is 0. The van der Waals surface area contributed by atoms with E-state index in [-0.39, 0.29) is 29.8 Å². The number of nitrogens with two attached hydrogens (primary N) is 1. The highest BCUT2D eigenvalue weighted by atomic mass is 79.9. The van der Waals surface area contributed by atoms with Crippen molar-refractivity contribution in [3.63, 3.8) is 0 Å². The zero-order valence-electron chi connectivity index (χ0n) is 9.40. The van der Waals surface area contributed by atoms with Gasteiger partial charge in [0, 0.05) is 16.1 Å². The molecule has 0 bridgehead atoms. The Balaban J connectivity index is 0.00000256. The fourth-order valence-corrected chi connectivity index (χ4v) is 2.12. The number of rotatable bonds is 3. The fourth-order valence-electron chi connectivity index (χ4n) is 1.50. The van der Waals surface area contributed by atoms with E-state index in [0.717, 1.165) is 5.57 Å². The minimum absolute atomic E-state index is 0. The number of hydrogen-bond acceptors (Lipinski definition) is 3. The first-order valence-corrected chi connectivity index (χ1v) is 5.58. The van der Waals surface area contributed by atoms with Crippen molar-refractivity contribution in [2.24, 2.45) is 5.73 Å². The van der Waals surface area contributed by atoms with Crippen molar-refractivity contribution in [3.8, 4) is 11.8 Å². The van der Waals surface area contributed by atoms with Crippen molar-refractivity contribution < 1.29 is 5.11 Å². The Hall–Kier alpha value is -1.02. The number of halogens is 2. The topological polar surface area (TPSA) is 70.0 Å². The predicted octanol–water partition coefficient (Wildman–Crippen LogP) is 3.41. The van der Waals surface area contributed by atoms with Gasteiger partial charge in [-0.05, 0) is 25.5 Å². The van der Waals surface area contributed by atoms with Gasteiger partial charge in [-0.1, -0.05) is 21.5 Å². The zero-order valence-corrected chi connectivity index (χ0v) is 11.8. The number of nitrogens with zero attached hydrogens (tertiary/aromatic N) is 1. The van der Waals surface area contributed by atoms with Crippen LogP contribution in [0.4, 0.5) is 0 Å². The lowest BCUT2D eigenvalue weighted by atomic mass is 9.98. The lowest BCUT2D eigenvalue weighted by Crippen LogP contribution is -2.12. The van der Waals surface area contributed by atoms with Crippen molar-refractivity contribution in [1.29, 1.82) is 5.26 Å². The molecule has 0 heterocycles. The third-order valence-electron chi connectivity index (χ3n) is 2.22. The van der Waals surface area contributed by atoms with Crippen LogP contribution >= 0.6 is 28.3 Å². The molecule has 1 rings (SSSR count). The van der Waals surface area contributed by atoms with E-state index in [1.54, 1.807) is 12.1 Å². The highest BCUT2D eigenvalue weighted by Gasteiger charge is 2.17. The van der Waals surface area contributed by atoms with Gasteiger partial charge in [-0.25, -0.2) is 0 Å². The monoisotopic (exact) mass is 316 g/mol. The van der Waals surface area contributed by atoms with Gasteiger partial charge >= 0.3 is 0 Å². The Morgan fingerprint density at radius 3 is 2.71 bits per heavy atom. The molecule has 17 heavy (non-hydrogen) atoms. The first-order chi connectivity index (χ1) is 7.47. The van der Waals surface area contributed by atoms with E-state index >= 15 is 0 Å². The minimum Gasteiger partial charge on any atom is -0.506 e. The Morgan fingerprint density at radius 1 is 1.65 bits per heavy atom. The molecule has 0 aromatic heterocycles. The Bertz CT molecular complexity index is 468. The molecule has 0 aliphatic heterocycles. The number of phenolic OH excluding ortho intramolecular Hbond substituents is 1. The average Bonchev–Trinajstić information content (AvgIpc) is 2.16. The van der Waals surface area contributed by atoms with Gasteiger partial charge in [0.1, 0.15) is 11.8 Å². The smallest absolute Gasteiger partial charge is 0.139 e. The summed E-state index contributed by atoms with van der Waals surface area (Å²) in [4.78, 5) is 0. The number of nitriles is 1. The predicted molar refractivity (Wildman–Crippen MR) is 74.1 cm³/mol. The molecule has 0 aliphatic carbocycles. The minimum atomic E-state index is -0.361. The highest BCUT2D eigenvalue weighted by molar-refractivity contribution is 9.10. The summed E-state index contributed by atoms with van der Waals surface area (Å²) in [6, 6.07) is 4.83. The van der Waals surface area contributed by atoms with E-state index in [4.69, 9.17) is 11.0 Å². The number of benzene rings is 1. The SMILES string of the molecule is C=C(C)C[C@@H](N)c1c(Br)ccc(C#N)c1O.Cl. The van der Waals surface area contributed by atoms with Crippen molar-refractivity contribution >= 4 is 28.3 Å². The van der Waals surface area contributed by atoms with Crippen LogP contribution in [-0.2, 0) is 0 Å². The maximum absolute atomic E-state index is 9.89. The van der Waals surface area contributed by atoms with Crippen LogP contribution in [0.25, 0.3) is 0 Å². The Labute approximate surface area is 115 Å². The molecule has 3 N–H and O–H groups in total. The number of aromatic hydroxyl groups is 1. The Morgan fingerprint density at radius 2 is 2.24 bits per heavy atom. The summed E-state index contributed by atoms with van der Waals surface area (Å²) in [6.45, 7) is 5.65. The largest absolute Gasteiger partial charge is 0.506 e. The molecule has 0 amide bonds. The quantitative estimate of drug-likeness (QED) is 0.839. The van der Waals surface area contributed by atoms with Gasteiger partial charge in [0.25, 0.3) is 0 Å². The van der Waals surface area contributed by atoms with Crippen LogP contribution in [0.2, 0.25) is 0 Å². The maximum atomic E-state index is 9.89. The van der Waals surface area contributed by atoms with Crippen LogP contribution in [0.15, 0.2) is 28.8 Å². The van der Waals surface area contributed by atoms with E-state index < -0.39 is 0 Å². The average molecular weight is 318 g/mol. The summed E-state index contributed by atoms with van der Waals surface area (Å²) < 4.78 is 0.706. The molecule has 0 fully saturated rings. The van der Waals surface area contributed by atoms with Gasteiger partial charge in [-0.15, -0.1) is 19.0 Å². The van der Waals surface area contributed by atoms with Crippen LogP contribution < -0.4 is 5.73 Å². The van der Waals surface area contributed by atoms with Gasteiger partial charge in [-0.3, -0.25) is 0 Å². The molecule has 1 aromatic carbocycles. The molecule has 92 valence electrons. The lowest BCUT2D eigenvalue weighted by molar-refractivity contribution is 0.458. The molecule has 0 saturated heterocycles. The molecular formula is C12H14BrClN2O. The second-order valence-electron chi connectivity index (χ2n) is 3.74. The second kappa shape index (κ2) is 6.65. The van der Waals surface area contributed by atoms with E-state index in [9.17, 15) is 5.11 Å². The fraction of sp³-hybridized carbons (Fsp3) is 0.250. The molecular weight excluding hydrogens is 304 g/mol. The molecule has 0 radical (unpaired) electrons. The number of phenols is 1. The van der Waals surface area contributed by atoms with Gasteiger partial charge in [0.05, 0.1) is 5.56 Å². The molecule has 5 heteroatoms. The van der Waals surface area contributed by atoms with Crippen LogP contribution in [-0.4, -0.2) is 5.11 Å². The third kappa shape index (κ3) is 3.74. The van der Waals surface area contributed by atoms with E-state index in [0.29, 0.717) is 16.5 Å². The van der Waals surface area contributed by atoms with Crippen molar-refractivity contribution in [2.45, 2.75) is 19.4 Å². The zero-order chi connectivity index (χ0) is 12.3. The number of hydrogen-bond donors (Lipinski definition) is 2. The van der Waals surface area contributed by atoms with Crippen LogP contribution in [0.3, 0.4) is 0 Å². The summed E-state index contributed by atoms with van der Waals surface area (Å²) in [5.74, 6) is -0.0503. The van der Waals surface area contributed by atoms with Gasteiger partial charge in [0.15, 0.2) is 0 Å². The summed E-state index contributed by atoms with van der Waals surface area (Å²) in [5.41, 5.74) is 7.68. The lowest BCUT2D eigenvalue weighted by Gasteiger charge is -2.16. The summed E-state index contributed by atoms with van der Waals surface area (Å²) in [6.07, 6.45) is 0.570. The van der Waals surface area contributed by atoms with Crippen molar-refractivity contribution in [3.05, 3.63) is 39.9 Å². The van der Waals surface area contributed by atoms with Gasteiger partial charge in [0.2, 0.25) is 0 Å². The molecule has 1 atom stereocenters. The van der Waals surface area contributed by atoms with E-state index in [1.165, 1.54) is 0 Å². The second-order valence-corrected chi connectivity index (χ2v) is 4.59. The first kappa shape index (κ1) is 16.0. The standard InChI is InChI=1S/C12H13BrN2O.ClH/c1-7(2)5-10(15)11-9(13)4-3-8(6-14)12(11)16;/h3-4,10,16H,1,5,15H2,2H3;1H/t10-;/m1./s1. The van der Waals surface area contributed by atoms with Crippen LogP contribution in [0.1, 0.15) is 30.5 Å². The van der Waals surface area contributed by atoms with Crippen molar-refractivity contribution in [2.75, 3.05) is 0 Å². The summed E-state index contributed by atoms with van der Waals surface area (Å²) in [5, 5.41) is 18.7. The Kier molecular flexibility index (Phi) is 6.25. The van der Waals surface area contributed by atoms with Crippen molar-refractivity contribution in [1.82, 2.24) is 0 Å². The molecule has 1 aromatic rings. The maximum Gasteiger partial charge on any atom is 0.139 e. The molecule has 3 nitrogen and oxygen atoms in total. The van der Waals surface area contributed by atoms with E-state index in [1.807, 2.05) is 13.0 Å². The molecule has 0 unspecified atom stereocenters. The molecule has 0 saturated carbocycles. The van der Waals surface area contributed by atoms with E-state index in [2.05, 4.69) is 22.5 Å². The van der Waals surface area contributed by atoms with Gasteiger partial charge < -0.3 is 10.8 Å². The van der Waals surface area contributed by atoms with Crippen LogP contribution in [0, 0.1) is 11.3 Å². The third-order valence-corrected chi connectivity index (χ3v) is 2.91. The normalized spacial score (nSPS) is 11.2. The summed E-state index contributed by atoms with van der Waals surface area (Å²) >= 11 is 3.32. The molecule has 0 aliphatic rings.